The van der Waals surface area contributed by atoms with E-state index in [2.05, 4.69) is 5.32 Å². The molecule has 0 spiro atoms. The fourth-order valence-electron chi connectivity index (χ4n) is 1.81. The number of anilines is 2. The van der Waals surface area contributed by atoms with E-state index in [-0.39, 0.29) is 18.3 Å². The van der Waals surface area contributed by atoms with Crippen LogP contribution in [0.2, 0.25) is 0 Å². The van der Waals surface area contributed by atoms with Crippen LogP contribution in [0.4, 0.5) is 11.4 Å². The van der Waals surface area contributed by atoms with Gasteiger partial charge in [-0.15, -0.1) is 0 Å². The van der Waals surface area contributed by atoms with E-state index in [9.17, 15) is 9.59 Å². The van der Waals surface area contributed by atoms with Crippen molar-refractivity contribution in [1.29, 1.82) is 0 Å². The molecule has 0 fully saturated rings. The zero-order chi connectivity index (χ0) is 15.2. The number of hydrogen-bond donors (Lipinski definition) is 2. The van der Waals surface area contributed by atoms with Crippen molar-refractivity contribution in [2.24, 2.45) is 0 Å². The van der Waals surface area contributed by atoms with Crippen LogP contribution in [0.5, 0.6) is 5.75 Å². The fraction of sp³-hybridized carbons (Fsp3) is 0.125. The Labute approximate surface area is 122 Å². The molecular formula is C16H16N2O3. The molecule has 5 nitrogen and oxygen atoms in total. The molecule has 2 aromatic carbocycles. The highest BCUT2D eigenvalue weighted by Crippen LogP contribution is 2.22. The van der Waals surface area contributed by atoms with Crippen molar-refractivity contribution in [1.82, 2.24) is 0 Å². The smallest absolute Gasteiger partial charge is 0.262 e. The minimum atomic E-state index is -0.299. The number of carbonyl (C=O) groups is 2. The van der Waals surface area contributed by atoms with Crippen molar-refractivity contribution in [3.63, 3.8) is 0 Å². The number of Topliss-reactive ketones (excluding diaryl/α,β-unsaturated/α-hetero) is 1. The largest absolute Gasteiger partial charge is 0.483 e. The molecule has 21 heavy (non-hydrogen) atoms. The maximum atomic E-state index is 11.8. The van der Waals surface area contributed by atoms with Gasteiger partial charge in [0, 0.05) is 11.4 Å². The first-order valence-electron chi connectivity index (χ1n) is 6.44. The van der Waals surface area contributed by atoms with Gasteiger partial charge in [-0.05, 0) is 37.3 Å². The molecule has 1 amide bonds. The summed E-state index contributed by atoms with van der Waals surface area (Å²) >= 11 is 0. The van der Waals surface area contributed by atoms with Gasteiger partial charge in [-0.3, -0.25) is 9.59 Å². The van der Waals surface area contributed by atoms with Gasteiger partial charge >= 0.3 is 0 Å². The molecule has 0 aliphatic carbocycles. The van der Waals surface area contributed by atoms with Crippen LogP contribution in [0.25, 0.3) is 0 Å². The van der Waals surface area contributed by atoms with Crippen LogP contribution in [0.15, 0.2) is 48.5 Å². The van der Waals surface area contributed by atoms with Crippen LogP contribution in [0, 0.1) is 0 Å². The summed E-state index contributed by atoms with van der Waals surface area (Å²) in [5.41, 5.74) is 7.16. The second-order valence-electron chi connectivity index (χ2n) is 4.51. The van der Waals surface area contributed by atoms with Gasteiger partial charge in [-0.2, -0.15) is 0 Å². The molecule has 2 aromatic rings. The number of hydrogen-bond acceptors (Lipinski definition) is 4. The average molecular weight is 284 g/mol. The molecule has 2 rings (SSSR count). The lowest BCUT2D eigenvalue weighted by Crippen LogP contribution is -2.20. The number of ketones is 1. The lowest BCUT2D eigenvalue weighted by molar-refractivity contribution is -0.118. The van der Waals surface area contributed by atoms with E-state index in [0.29, 0.717) is 22.7 Å². The highest BCUT2D eigenvalue weighted by atomic mass is 16.5. The number of ether oxygens (including phenoxy) is 1. The van der Waals surface area contributed by atoms with Crippen molar-refractivity contribution in [2.75, 3.05) is 17.7 Å². The maximum Gasteiger partial charge on any atom is 0.262 e. The van der Waals surface area contributed by atoms with Gasteiger partial charge in [-0.25, -0.2) is 0 Å². The Morgan fingerprint density at radius 3 is 2.52 bits per heavy atom. The summed E-state index contributed by atoms with van der Waals surface area (Å²) in [6.07, 6.45) is 0. The van der Waals surface area contributed by atoms with E-state index in [1.807, 2.05) is 18.2 Å². The summed E-state index contributed by atoms with van der Waals surface area (Å²) in [4.78, 5) is 23.3. The molecule has 0 unspecified atom stereocenters. The third-order valence-electron chi connectivity index (χ3n) is 2.80. The van der Waals surface area contributed by atoms with Crippen LogP contribution in [-0.4, -0.2) is 18.3 Å². The second kappa shape index (κ2) is 6.56. The minimum Gasteiger partial charge on any atom is -0.483 e. The number of amides is 1. The van der Waals surface area contributed by atoms with Crippen molar-refractivity contribution in [2.45, 2.75) is 6.92 Å². The Balaban J connectivity index is 2.00. The van der Waals surface area contributed by atoms with E-state index < -0.39 is 0 Å². The first kappa shape index (κ1) is 14.6. The summed E-state index contributed by atoms with van der Waals surface area (Å²) in [7, 11) is 0. The zero-order valence-corrected chi connectivity index (χ0v) is 11.6. The van der Waals surface area contributed by atoms with E-state index in [0.717, 1.165) is 0 Å². The van der Waals surface area contributed by atoms with Gasteiger partial charge in [-0.1, -0.05) is 18.2 Å². The maximum absolute atomic E-state index is 11.8. The summed E-state index contributed by atoms with van der Waals surface area (Å²) in [5.74, 6) is -0.117. The van der Waals surface area contributed by atoms with Gasteiger partial charge in [0.25, 0.3) is 5.91 Å². The van der Waals surface area contributed by atoms with Crippen LogP contribution < -0.4 is 15.8 Å². The number of rotatable bonds is 5. The normalized spacial score (nSPS) is 9.95. The van der Waals surface area contributed by atoms with Crippen molar-refractivity contribution in [3.05, 3.63) is 54.1 Å². The Hall–Kier alpha value is -2.82. The van der Waals surface area contributed by atoms with Gasteiger partial charge in [0.1, 0.15) is 5.75 Å². The molecule has 108 valence electrons. The Morgan fingerprint density at radius 2 is 1.86 bits per heavy atom. The van der Waals surface area contributed by atoms with Crippen LogP contribution in [0.3, 0.4) is 0 Å². The molecule has 0 saturated heterocycles. The average Bonchev–Trinajstić information content (AvgIpc) is 2.47. The number of nitrogens with two attached hydrogens (primary N) is 1. The SMILES string of the molecule is CC(=O)c1cc(N)ccc1OCC(=O)Nc1ccccc1. The van der Waals surface area contributed by atoms with Gasteiger partial charge < -0.3 is 15.8 Å². The molecule has 0 saturated carbocycles. The first-order chi connectivity index (χ1) is 10.1. The first-order valence-corrected chi connectivity index (χ1v) is 6.44. The van der Waals surface area contributed by atoms with Crippen LogP contribution in [0.1, 0.15) is 17.3 Å². The van der Waals surface area contributed by atoms with Gasteiger partial charge in [0.2, 0.25) is 0 Å². The topological polar surface area (TPSA) is 81.4 Å². The number of benzene rings is 2. The van der Waals surface area contributed by atoms with Gasteiger partial charge in [0.15, 0.2) is 12.4 Å². The van der Waals surface area contributed by atoms with Crippen molar-refractivity contribution in [3.8, 4) is 5.75 Å². The van der Waals surface area contributed by atoms with Gasteiger partial charge in [0.05, 0.1) is 5.56 Å². The van der Waals surface area contributed by atoms with Crippen LogP contribution in [-0.2, 0) is 4.79 Å². The molecule has 0 aliphatic heterocycles. The van der Waals surface area contributed by atoms with Crippen molar-refractivity contribution >= 4 is 23.1 Å². The standard InChI is InChI=1S/C16H16N2O3/c1-11(19)14-9-12(17)7-8-15(14)21-10-16(20)18-13-5-3-2-4-6-13/h2-9H,10,17H2,1H3,(H,18,20). The number of carbonyl (C=O) groups excluding carboxylic acids is 2. The Morgan fingerprint density at radius 1 is 1.14 bits per heavy atom. The van der Waals surface area contributed by atoms with E-state index in [4.69, 9.17) is 10.5 Å². The zero-order valence-electron chi connectivity index (χ0n) is 11.6. The highest BCUT2D eigenvalue weighted by Gasteiger charge is 2.11. The number of nitrogens with one attached hydrogen (secondary N) is 1. The molecule has 3 N–H and O–H groups in total. The number of para-hydroxylation sites is 1. The van der Waals surface area contributed by atoms with E-state index in [1.54, 1.807) is 24.3 Å². The lowest BCUT2D eigenvalue weighted by atomic mass is 10.1. The highest BCUT2D eigenvalue weighted by molar-refractivity contribution is 5.98. The summed E-state index contributed by atoms with van der Waals surface area (Å²) in [5, 5.41) is 2.70. The summed E-state index contributed by atoms with van der Waals surface area (Å²) in [6, 6.07) is 13.8. The Bertz CT molecular complexity index is 654. The molecular weight excluding hydrogens is 268 g/mol. The third-order valence-corrected chi connectivity index (χ3v) is 2.80. The van der Waals surface area contributed by atoms with Crippen LogP contribution >= 0.6 is 0 Å². The molecule has 0 aliphatic rings. The third kappa shape index (κ3) is 4.07. The summed E-state index contributed by atoms with van der Waals surface area (Å²) in [6.45, 7) is 1.24. The fourth-order valence-corrected chi connectivity index (χ4v) is 1.81. The Kier molecular flexibility index (Phi) is 4.56. The van der Waals surface area contributed by atoms with E-state index >= 15 is 0 Å². The second-order valence-corrected chi connectivity index (χ2v) is 4.51. The number of nitrogen functional groups attached to an aromatic ring is 1. The van der Waals surface area contributed by atoms with Crippen molar-refractivity contribution < 1.29 is 14.3 Å². The predicted molar refractivity (Wildman–Crippen MR) is 81.4 cm³/mol. The predicted octanol–water partition coefficient (Wildman–Crippen LogP) is 2.49. The molecule has 0 heterocycles. The molecule has 5 heteroatoms. The molecule has 0 atom stereocenters. The monoisotopic (exact) mass is 284 g/mol. The lowest BCUT2D eigenvalue weighted by Gasteiger charge is -2.10. The quantitative estimate of drug-likeness (QED) is 0.653. The summed E-state index contributed by atoms with van der Waals surface area (Å²) < 4.78 is 5.40. The molecule has 0 bridgehead atoms. The molecule has 0 radical (unpaired) electrons. The molecule has 0 aromatic heterocycles. The minimum absolute atomic E-state index is 0.166. The van der Waals surface area contributed by atoms with E-state index in [1.165, 1.54) is 13.0 Å².